The van der Waals surface area contributed by atoms with Gasteiger partial charge in [0.25, 0.3) is 0 Å². The molecule has 0 saturated carbocycles. The van der Waals surface area contributed by atoms with Crippen LogP contribution in [-0.2, 0) is 22.4 Å². The van der Waals surface area contributed by atoms with Crippen molar-refractivity contribution in [2.24, 2.45) is 0 Å². The minimum absolute atomic E-state index is 0. The van der Waals surface area contributed by atoms with E-state index in [1.165, 1.54) is 0 Å². The minimum atomic E-state index is 0. The maximum absolute atomic E-state index is 5.36. The summed E-state index contributed by atoms with van der Waals surface area (Å²) >= 11 is 0. The van der Waals surface area contributed by atoms with E-state index in [9.17, 15) is 0 Å². The van der Waals surface area contributed by atoms with Crippen LogP contribution in [0.15, 0.2) is 30.3 Å². The summed E-state index contributed by atoms with van der Waals surface area (Å²) in [4.78, 5) is 0. The van der Waals surface area contributed by atoms with Crippen molar-refractivity contribution in [3.63, 3.8) is 0 Å². The molecule has 1 aromatic rings. The van der Waals surface area contributed by atoms with E-state index in [1.54, 1.807) is 0 Å². The van der Waals surface area contributed by atoms with Gasteiger partial charge in [0.15, 0.2) is 0 Å². The van der Waals surface area contributed by atoms with Gasteiger partial charge >= 0.3 is 0 Å². The molecular formula is C6H7AuN. The van der Waals surface area contributed by atoms with E-state index in [2.05, 4.69) is 0 Å². The number of para-hydroxylation sites is 1. The van der Waals surface area contributed by atoms with Crippen LogP contribution < -0.4 is 5.73 Å². The number of rotatable bonds is 0. The largest absolute Gasteiger partial charge is 0.399 e. The van der Waals surface area contributed by atoms with Gasteiger partial charge in [0.1, 0.15) is 0 Å². The Morgan fingerprint density at radius 2 is 1.50 bits per heavy atom. The molecule has 0 bridgehead atoms. The number of benzene rings is 1. The SMILES string of the molecule is Nc1ccccc1.[Au]. The van der Waals surface area contributed by atoms with Crippen molar-refractivity contribution < 1.29 is 22.4 Å². The Labute approximate surface area is 64.4 Å². The molecule has 0 aliphatic heterocycles. The Kier molecular flexibility index (Phi) is 3.61. The van der Waals surface area contributed by atoms with Gasteiger partial charge < -0.3 is 5.73 Å². The molecule has 2 heteroatoms. The van der Waals surface area contributed by atoms with Gasteiger partial charge in [-0.05, 0) is 12.1 Å². The van der Waals surface area contributed by atoms with Gasteiger partial charge in [0, 0.05) is 28.1 Å². The maximum atomic E-state index is 5.36. The molecule has 0 aliphatic rings. The summed E-state index contributed by atoms with van der Waals surface area (Å²) in [5.74, 6) is 0. The van der Waals surface area contributed by atoms with Gasteiger partial charge in [0.2, 0.25) is 0 Å². The van der Waals surface area contributed by atoms with Gasteiger partial charge in [0.05, 0.1) is 0 Å². The van der Waals surface area contributed by atoms with Crippen molar-refractivity contribution in [1.29, 1.82) is 0 Å². The Balaban J connectivity index is 0.000000490. The van der Waals surface area contributed by atoms with E-state index in [1.807, 2.05) is 30.3 Å². The summed E-state index contributed by atoms with van der Waals surface area (Å²) in [6, 6.07) is 9.49. The van der Waals surface area contributed by atoms with Gasteiger partial charge in [-0.2, -0.15) is 0 Å². The second-order valence-corrected chi connectivity index (χ2v) is 1.41. The molecule has 8 heavy (non-hydrogen) atoms. The summed E-state index contributed by atoms with van der Waals surface area (Å²) in [7, 11) is 0. The van der Waals surface area contributed by atoms with Crippen LogP contribution in [0.4, 0.5) is 5.69 Å². The van der Waals surface area contributed by atoms with Crippen molar-refractivity contribution in [2.75, 3.05) is 5.73 Å². The summed E-state index contributed by atoms with van der Waals surface area (Å²) in [6.07, 6.45) is 0. The van der Waals surface area contributed by atoms with Crippen LogP contribution in [0.3, 0.4) is 0 Å². The molecule has 0 atom stereocenters. The molecule has 47 valence electrons. The number of nitrogen functional groups attached to an aromatic ring is 1. The number of hydrogen-bond donors (Lipinski definition) is 1. The fourth-order valence-corrected chi connectivity index (χ4v) is 0.453. The molecule has 0 aliphatic carbocycles. The predicted octanol–water partition coefficient (Wildman–Crippen LogP) is 1.27. The first-order chi connectivity index (χ1) is 3.39. The van der Waals surface area contributed by atoms with Gasteiger partial charge in [-0.15, -0.1) is 0 Å². The Morgan fingerprint density at radius 1 is 1.00 bits per heavy atom. The molecule has 0 spiro atoms. The fourth-order valence-electron chi connectivity index (χ4n) is 0.453. The van der Waals surface area contributed by atoms with Crippen LogP contribution in [0, 0.1) is 0 Å². The van der Waals surface area contributed by atoms with Crippen molar-refractivity contribution in [3.8, 4) is 0 Å². The molecule has 1 aromatic carbocycles. The summed E-state index contributed by atoms with van der Waals surface area (Å²) in [5.41, 5.74) is 6.18. The first kappa shape index (κ1) is 7.76. The molecule has 2 N–H and O–H groups in total. The molecule has 1 nitrogen and oxygen atoms in total. The average Bonchev–Trinajstić information content (AvgIpc) is 1.69. The standard InChI is InChI=1S/C6H7N.Au/c7-6-4-2-1-3-5-6;/h1-5H,7H2;. The Morgan fingerprint density at radius 3 is 1.75 bits per heavy atom. The molecule has 0 unspecified atom stereocenters. The van der Waals surface area contributed by atoms with Crippen LogP contribution in [0.25, 0.3) is 0 Å². The molecule has 1 rings (SSSR count). The van der Waals surface area contributed by atoms with E-state index in [-0.39, 0.29) is 22.4 Å². The third kappa shape index (κ3) is 2.17. The van der Waals surface area contributed by atoms with E-state index >= 15 is 0 Å². The van der Waals surface area contributed by atoms with Crippen LogP contribution >= 0.6 is 0 Å². The normalized spacial score (nSPS) is 7.50. The molecule has 0 saturated heterocycles. The van der Waals surface area contributed by atoms with E-state index in [0.29, 0.717) is 0 Å². The molecular weight excluding hydrogens is 283 g/mol. The Hall–Kier alpha value is -0.240. The van der Waals surface area contributed by atoms with Crippen LogP contribution in [0.1, 0.15) is 0 Å². The van der Waals surface area contributed by atoms with Crippen LogP contribution in [0.5, 0.6) is 0 Å². The third-order valence-corrected chi connectivity index (χ3v) is 0.800. The van der Waals surface area contributed by atoms with Crippen LogP contribution in [-0.4, -0.2) is 0 Å². The Bertz CT molecular complexity index is 138. The van der Waals surface area contributed by atoms with Crippen LogP contribution in [0.2, 0.25) is 0 Å². The molecule has 0 heterocycles. The smallest absolute Gasteiger partial charge is 0.0313 e. The maximum Gasteiger partial charge on any atom is 0.0313 e. The van der Waals surface area contributed by atoms with E-state index in [4.69, 9.17) is 5.73 Å². The second-order valence-electron chi connectivity index (χ2n) is 1.41. The van der Waals surface area contributed by atoms with Gasteiger partial charge in [-0.1, -0.05) is 18.2 Å². The third-order valence-electron chi connectivity index (χ3n) is 0.800. The van der Waals surface area contributed by atoms with E-state index in [0.717, 1.165) is 5.69 Å². The van der Waals surface area contributed by atoms with Crippen molar-refractivity contribution in [3.05, 3.63) is 30.3 Å². The predicted molar refractivity (Wildman–Crippen MR) is 30.9 cm³/mol. The zero-order chi connectivity index (χ0) is 5.11. The molecule has 0 aromatic heterocycles. The molecule has 0 amide bonds. The minimum Gasteiger partial charge on any atom is -0.399 e. The van der Waals surface area contributed by atoms with Crippen molar-refractivity contribution in [1.82, 2.24) is 0 Å². The first-order valence-corrected chi connectivity index (χ1v) is 2.20. The fraction of sp³-hybridized carbons (Fsp3) is 0. The number of nitrogens with two attached hydrogens (primary N) is 1. The number of anilines is 1. The van der Waals surface area contributed by atoms with Gasteiger partial charge in [-0.25, -0.2) is 0 Å². The van der Waals surface area contributed by atoms with Crippen molar-refractivity contribution in [2.45, 2.75) is 0 Å². The topological polar surface area (TPSA) is 26.0 Å². The summed E-state index contributed by atoms with van der Waals surface area (Å²) in [6.45, 7) is 0. The zero-order valence-electron chi connectivity index (χ0n) is 4.27. The summed E-state index contributed by atoms with van der Waals surface area (Å²) in [5, 5.41) is 0. The molecule has 0 fully saturated rings. The number of hydrogen-bond acceptors (Lipinski definition) is 1. The molecule has 1 radical (unpaired) electrons. The monoisotopic (exact) mass is 290 g/mol. The first-order valence-electron chi connectivity index (χ1n) is 2.20. The van der Waals surface area contributed by atoms with Crippen molar-refractivity contribution >= 4 is 5.69 Å². The van der Waals surface area contributed by atoms with E-state index < -0.39 is 0 Å². The zero-order valence-corrected chi connectivity index (χ0v) is 6.43. The second kappa shape index (κ2) is 3.72. The average molecular weight is 290 g/mol. The van der Waals surface area contributed by atoms with Gasteiger partial charge in [-0.3, -0.25) is 0 Å². The quantitative estimate of drug-likeness (QED) is 0.565. The summed E-state index contributed by atoms with van der Waals surface area (Å²) < 4.78 is 0.